The third-order valence-corrected chi connectivity index (χ3v) is 6.88. The molecule has 172 valence electrons. The summed E-state index contributed by atoms with van der Waals surface area (Å²) < 4.78 is 0. The summed E-state index contributed by atoms with van der Waals surface area (Å²) in [6.07, 6.45) is 14.4. The van der Waals surface area contributed by atoms with Gasteiger partial charge in [0.25, 0.3) is 0 Å². The predicted octanol–water partition coefficient (Wildman–Crippen LogP) is 4.56. The van der Waals surface area contributed by atoms with Crippen LogP contribution in [0.1, 0.15) is 37.7 Å². The molecule has 1 N–H and O–H groups in total. The lowest BCUT2D eigenvalue weighted by Gasteiger charge is -2.43. The summed E-state index contributed by atoms with van der Waals surface area (Å²) in [6.45, 7) is 5.37. The molecule has 5 nitrogen and oxygen atoms in total. The Morgan fingerprint density at radius 3 is 2.79 bits per heavy atom. The van der Waals surface area contributed by atoms with Crippen molar-refractivity contribution in [2.75, 3.05) is 19.6 Å². The second kappa shape index (κ2) is 10.6. The number of carbonyl (C=O) groups is 2. The van der Waals surface area contributed by atoms with E-state index >= 15 is 0 Å². The number of benzene rings is 1. The topological polar surface area (TPSA) is 62.3 Å². The number of hydrogen-bond acceptors (Lipinski definition) is 3. The van der Waals surface area contributed by atoms with Gasteiger partial charge in [-0.3, -0.25) is 14.6 Å². The SMILES string of the molecule is C=CCNC(=O)[C@@]1(Cc2cccc(-c3ccncc3)c2)CCCN(C(=O)[C@H]2CC=CCC2)C1. The molecule has 2 aliphatic rings. The number of amides is 2. The highest BCUT2D eigenvalue weighted by molar-refractivity contribution is 5.86. The fourth-order valence-corrected chi connectivity index (χ4v) is 5.15. The molecule has 1 saturated heterocycles. The lowest BCUT2D eigenvalue weighted by Crippen LogP contribution is -2.55. The van der Waals surface area contributed by atoms with Crippen molar-refractivity contribution in [1.29, 1.82) is 0 Å². The van der Waals surface area contributed by atoms with Crippen LogP contribution in [0, 0.1) is 11.3 Å². The molecule has 2 heterocycles. The van der Waals surface area contributed by atoms with E-state index < -0.39 is 5.41 Å². The van der Waals surface area contributed by atoms with Gasteiger partial charge < -0.3 is 10.2 Å². The quantitative estimate of drug-likeness (QED) is 0.638. The number of nitrogens with zero attached hydrogens (tertiary/aromatic N) is 2. The van der Waals surface area contributed by atoms with Crippen molar-refractivity contribution in [3.63, 3.8) is 0 Å². The third-order valence-electron chi connectivity index (χ3n) is 6.88. The zero-order chi connectivity index (χ0) is 23.1. The fourth-order valence-electron chi connectivity index (χ4n) is 5.15. The van der Waals surface area contributed by atoms with E-state index in [-0.39, 0.29) is 17.7 Å². The molecule has 2 atom stereocenters. The molecule has 0 radical (unpaired) electrons. The van der Waals surface area contributed by atoms with Crippen molar-refractivity contribution in [3.8, 4) is 11.1 Å². The van der Waals surface area contributed by atoms with Gasteiger partial charge in [0.05, 0.1) is 5.41 Å². The summed E-state index contributed by atoms with van der Waals surface area (Å²) in [5.41, 5.74) is 2.67. The molecule has 1 aromatic heterocycles. The van der Waals surface area contributed by atoms with Gasteiger partial charge in [0.1, 0.15) is 0 Å². The molecule has 0 unspecified atom stereocenters. The molecule has 0 spiro atoms. The Labute approximate surface area is 196 Å². The number of piperidine rings is 1. The number of nitrogens with one attached hydrogen (secondary N) is 1. The Kier molecular flexibility index (Phi) is 7.38. The molecule has 1 aliphatic carbocycles. The lowest BCUT2D eigenvalue weighted by atomic mass is 9.73. The highest BCUT2D eigenvalue weighted by atomic mass is 16.2. The van der Waals surface area contributed by atoms with Gasteiger partial charge in [-0.05, 0) is 67.3 Å². The van der Waals surface area contributed by atoms with Crippen LogP contribution in [0.2, 0.25) is 0 Å². The minimum atomic E-state index is -0.641. The monoisotopic (exact) mass is 443 g/mol. The van der Waals surface area contributed by atoms with Gasteiger partial charge in [-0.1, -0.05) is 42.5 Å². The second-order valence-electron chi connectivity index (χ2n) is 9.24. The van der Waals surface area contributed by atoms with E-state index in [9.17, 15) is 9.59 Å². The summed E-state index contributed by atoms with van der Waals surface area (Å²) in [6, 6.07) is 12.3. The number of rotatable bonds is 7. The maximum atomic E-state index is 13.5. The van der Waals surface area contributed by atoms with Crippen LogP contribution >= 0.6 is 0 Å². The molecule has 5 heteroatoms. The average molecular weight is 444 g/mol. The van der Waals surface area contributed by atoms with Crippen molar-refractivity contribution in [1.82, 2.24) is 15.2 Å². The normalized spacial score (nSPS) is 22.5. The summed E-state index contributed by atoms with van der Waals surface area (Å²) >= 11 is 0. The molecule has 1 aliphatic heterocycles. The van der Waals surface area contributed by atoms with Crippen molar-refractivity contribution in [2.24, 2.45) is 11.3 Å². The number of aromatic nitrogens is 1. The third kappa shape index (κ3) is 5.41. The average Bonchev–Trinajstić information content (AvgIpc) is 2.88. The van der Waals surface area contributed by atoms with Crippen LogP contribution in [0.3, 0.4) is 0 Å². The largest absolute Gasteiger partial charge is 0.352 e. The maximum Gasteiger partial charge on any atom is 0.228 e. The van der Waals surface area contributed by atoms with Gasteiger partial charge in [-0.25, -0.2) is 0 Å². The van der Waals surface area contributed by atoms with Crippen LogP contribution in [0.15, 0.2) is 73.6 Å². The van der Waals surface area contributed by atoms with Gasteiger partial charge >= 0.3 is 0 Å². The van der Waals surface area contributed by atoms with E-state index in [2.05, 4.69) is 47.2 Å². The van der Waals surface area contributed by atoms with E-state index in [1.54, 1.807) is 18.5 Å². The van der Waals surface area contributed by atoms with E-state index in [1.165, 1.54) is 0 Å². The number of likely N-dealkylation sites (tertiary alicyclic amines) is 1. The Bertz CT molecular complexity index is 1020. The van der Waals surface area contributed by atoms with Crippen LogP contribution in [0.5, 0.6) is 0 Å². The number of allylic oxidation sites excluding steroid dienone is 2. The Hall–Kier alpha value is -3.21. The van der Waals surface area contributed by atoms with Crippen LogP contribution in [-0.4, -0.2) is 41.3 Å². The first-order valence-corrected chi connectivity index (χ1v) is 11.9. The van der Waals surface area contributed by atoms with Gasteiger partial charge in [-0.2, -0.15) is 0 Å². The van der Waals surface area contributed by atoms with Gasteiger partial charge in [-0.15, -0.1) is 6.58 Å². The molecule has 4 rings (SSSR count). The predicted molar refractivity (Wildman–Crippen MR) is 131 cm³/mol. The number of pyridine rings is 1. The summed E-state index contributed by atoms with van der Waals surface area (Å²) in [7, 11) is 0. The summed E-state index contributed by atoms with van der Waals surface area (Å²) in [4.78, 5) is 32.8. The summed E-state index contributed by atoms with van der Waals surface area (Å²) in [5, 5.41) is 3.03. The molecular weight excluding hydrogens is 410 g/mol. The Balaban J connectivity index is 1.59. The second-order valence-corrected chi connectivity index (χ2v) is 9.24. The Morgan fingerprint density at radius 1 is 1.18 bits per heavy atom. The van der Waals surface area contributed by atoms with Crippen LogP contribution in [-0.2, 0) is 16.0 Å². The first-order chi connectivity index (χ1) is 16.1. The van der Waals surface area contributed by atoms with Crippen LogP contribution < -0.4 is 5.32 Å². The number of hydrogen-bond donors (Lipinski definition) is 1. The Morgan fingerprint density at radius 2 is 2.03 bits per heavy atom. The number of carbonyl (C=O) groups excluding carboxylic acids is 2. The molecule has 0 saturated carbocycles. The van der Waals surface area contributed by atoms with E-state index in [4.69, 9.17) is 0 Å². The first kappa shape index (κ1) is 23.0. The minimum Gasteiger partial charge on any atom is -0.352 e. The standard InChI is InChI=1S/C28H33N3O2/c1-2-15-30-27(33)28(14-7-18-31(21-28)26(32)24-9-4-3-5-10-24)20-22-8-6-11-25(19-22)23-12-16-29-17-13-23/h2-4,6,8,11-13,16-17,19,24H,1,5,7,9-10,14-15,18,20-21H2,(H,30,33)/t24-,28+/m0/s1. The smallest absolute Gasteiger partial charge is 0.228 e. The van der Waals surface area contributed by atoms with Gasteiger partial charge in [0, 0.05) is 37.9 Å². The minimum absolute atomic E-state index is 0.0118. The highest BCUT2D eigenvalue weighted by Gasteiger charge is 2.44. The van der Waals surface area contributed by atoms with Crippen molar-refractivity contribution < 1.29 is 9.59 Å². The van der Waals surface area contributed by atoms with Crippen molar-refractivity contribution in [2.45, 2.75) is 38.5 Å². The molecule has 2 aromatic rings. The van der Waals surface area contributed by atoms with Crippen molar-refractivity contribution in [3.05, 3.63) is 79.2 Å². The molecule has 33 heavy (non-hydrogen) atoms. The molecular formula is C28H33N3O2. The summed E-state index contributed by atoms with van der Waals surface area (Å²) in [5.74, 6) is 0.250. The van der Waals surface area contributed by atoms with E-state index in [0.717, 1.165) is 55.3 Å². The zero-order valence-electron chi connectivity index (χ0n) is 19.2. The lowest BCUT2D eigenvalue weighted by molar-refractivity contribution is -0.144. The van der Waals surface area contributed by atoms with E-state index in [0.29, 0.717) is 19.5 Å². The zero-order valence-corrected chi connectivity index (χ0v) is 19.2. The fraction of sp³-hybridized carbons (Fsp3) is 0.393. The maximum absolute atomic E-state index is 13.5. The van der Waals surface area contributed by atoms with Crippen LogP contribution in [0.4, 0.5) is 0 Å². The molecule has 2 amide bonds. The van der Waals surface area contributed by atoms with Crippen LogP contribution in [0.25, 0.3) is 11.1 Å². The molecule has 1 fully saturated rings. The highest BCUT2D eigenvalue weighted by Crippen LogP contribution is 2.36. The van der Waals surface area contributed by atoms with E-state index in [1.807, 2.05) is 23.1 Å². The van der Waals surface area contributed by atoms with Gasteiger partial charge in [0.15, 0.2) is 0 Å². The first-order valence-electron chi connectivity index (χ1n) is 11.9. The van der Waals surface area contributed by atoms with Crippen molar-refractivity contribution >= 4 is 11.8 Å². The molecule has 0 bridgehead atoms. The molecule has 1 aromatic carbocycles. The van der Waals surface area contributed by atoms with Gasteiger partial charge in [0.2, 0.25) is 11.8 Å².